The zero-order chi connectivity index (χ0) is 16.5. The lowest BCUT2D eigenvalue weighted by molar-refractivity contribution is -0.757. The highest BCUT2D eigenvalue weighted by Crippen LogP contribution is 2.14. The summed E-state index contributed by atoms with van der Waals surface area (Å²) in [7, 11) is 0. The minimum atomic E-state index is 0.463. The zero-order valence-electron chi connectivity index (χ0n) is 14.7. The van der Waals surface area contributed by atoms with Crippen LogP contribution in [0.2, 0.25) is 0 Å². The third kappa shape index (κ3) is 13.4. The smallest absolute Gasteiger partial charge is 0.0883 e. The Bertz CT molecular complexity index is 193. The molecule has 0 N–H and O–H groups in total. The Morgan fingerprint density at radius 2 is 1.00 bits per heavy atom. The molecule has 0 saturated heterocycles. The molecule has 0 aromatic carbocycles. The fourth-order valence-corrected chi connectivity index (χ4v) is 2.11. The molecule has 2 atom stereocenters. The molecular weight excluding hydrogens is 288 g/mol. The normalized spacial score (nSPS) is 14.2. The molecule has 0 fully saturated rings. The quantitative estimate of drug-likeness (QED) is 0.211. The average molecular weight is 322 g/mol. The zero-order valence-corrected chi connectivity index (χ0v) is 14.7. The summed E-state index contributed by atoms with van der Waals surface area (Å²) >= 11 is 0. The third-order valence-corrected chi connectivity index (χ3v) is 3.87. The maximum atomic E-state index is 4.90. The van der Waals surface area contributed by atoms with Crippen LogP contribution in [-0.4, -0.2) is 13.2 Å². The highest BCUT2D eigenvalue weighted by Gasteiger charge is 2.08. The second kappa shape index (κ2) is 17.1. The van der Waals surface area contributed by atoms with Crippen LogP contribution in [0, 0.1) is 11.8 Å². The van der Waals surface area contributed by atoms with E-state index in [9.17, 15) is 0 Å². The summed E-state index contributed by atoms with van der Waals surface area (Å²) in [6.45, 7) is 9.53. The van der Waals surface area contributed by atoms with Crippen molar-refractivity contribution in [3.8, 4) is 0 Å². The Labute approximate surface area is 135 Å². The van der Waals surface area contributed by atoms with E-state index >= 15 is 0 Å². The van der Waals surface area contributed by atoms with Gasteiger partial charge in [-0.1, -0.05) is 66.2 Å². The molecule has 6 heteroatoms. The van der Waals surface area contributed by atoms with E-state index in [0.29, 0.717) is 25.0 Å². The van der Waals surface area contributed by atoms with Gasteiger partial charge in [0.15, 0.2) is 0 Å². The summed E-state index contributed by atoms with van der Waals surface area (Å²) in [5.41, 5.74) is 0. The maximum Gasteiger partial charge on any atom is 0.0883 e. The summed E-state index contributed by atoms with van der Waals surface area (Å²) in [6.07, 6.45) is 9.05. The van der Waals surface area contributed by atoms with Gasteiger partial charge in [0.1, 0.15) is 0 Å². The molecule has 0 amide bonds. The molecule has 0 bridgehead atoms. The lowest BCUT2D eigenvalue weighted by atomic mass is 10.0. The second-order valence-corrected chi connectivity index (χ2v) is 5.67. The van der Waals surface area contributed by atoms with Crippen molar-refractivity contribution in [1.29, 1.82) is 0 Å². The van der Waals surface area contributed by atoms with E-state index in [1.807, 2.05) is 0 Å². The predicted octanol–water partition coefficient (Wildman–Crippen LogP) is 5.09. The molecule has 22 heavy (non-hydrogen) atoms. The first kappa shape index (κ1) is 21.8. The SMILES string of the molecule is CCCCC(CC)COOOOOOCC(CC)CCCC. The number of unbranched alkanes of at least 4 members (excludes halogenated alkanes) is 2. The van der Waals surface area contributed by atoms with Crippen molar-refractivity contribution in [2.75, 3.05) is 13.2 Å². The fraction of sp³-hybridized carbons (Fsp3) is 1.00. The molecule has 2 unspecified atom stereocenters. The van der Waals surface area contributed by atoms with Gasteiger partial charge in [0.05, 0.1) is 13.2 Å². The van der Waals surface area contributed by atoms with Crippen LogP contribution in [0.25, 0.3) is 0 Å². The van der Waals surface area contributed by atoms with Crippen LogP contribution in [0.5, 0.6) is 0 Å². The molecule has 0 radical (unpaired) electrons. The standard InChI is InChI=1S/C16H34O6/c1-5-9-11-15(7-3)13-17-19-21-22-20-18-14-16(8-4)12-10-6-2/h15-16H,5-14H2,1-4H3. The molecular formula is C16H34O6. The highest BCUT2D eigenvalue weighted by molar-refractivity contribution is 4.55. The fourth-order valence-electron chi connectivity index (χ4n) is 2.11. The first-order valence-electron chi connectivity index (χ1n) is 8.69. The van der Waals surface area contributed by atoms with Gasteiger partial charge in [-0.25, -0.2) is 9.78 Å². The van der Waals surface area contributed by atoms with E-state index in [1.165, 1.54) is 25.7 Å². The van der Waals surface area contributed by atoms with E-state index in [4.69, 9.17) is 9.78 Å². The Kier molecular flexibility index (Phi) is 16.9. The molecule has 6 nitrogen and oxygen atoms in total. The van der Waals surface area contributed by atoms with Gasteiger partial charge in [0.25, 0.3) is 0 Å². The van der Waals surface area contributed by atoms with Gasteiger partial charge in [0.2, 0.25) is 0 Å². The molecule has 134 valence electrons. The van der Waals surface area contributed by atoms with Crippen molar-refractivity contribution in [1.82, 2.24) is 0 Å². The van der Waals surface area contributed by atoms with E-state index in [2.05, 4.69) is 47.8 Å². The Hall–Kier alpha value is -0.240. The van der Waals surface area contributed by atoms with Crippen LogP contribution < -0.4 is 0 Å². The van der Waals surface area contributed by atoms with Crippen LogP contribution in [0.3, 0.4) is 0 Å². The number of hydrogen-bond acceptors (Lipinski definition) is 6. The minimum Gasteiger partial charge on any atom is -0.203 e. The Balaban J connectivity index is 3.38. The molecule has 0 aromatic rings. The van der Waals surface area contributed by atoms with Gasteiger partial charge in [-0.2, -0.15) is 0 Å². The van der Waals surface area contributed by atoms with Crippen LogP contribution >= 0.6 is 0 Å². The molecule has 0 rings (SSSR count). The van der Waals surface area contributed by atoms with Crippen molar-refractivity contribution in [3.63, 3.8) is 0 Å². The van der Waals surface area contributed by atoms with Gasteiger partial charge in [-0.05, 0) is 44.8 Å². The monoisotopic (exact) mass is 322 g/mol. The number of hydrogen-bond donors (Lipinski definition) is 0. The number of rotatable bonds is 17. The van der Waals surface area contributed by atoms with Crippen molar-refractivity contribution in [2.45, 2.75) is 79.1 Å². The summed E-state index contributed by atoms with van der Waals surface area (Å²) in [4.78, 5) is 9.81. The van der Waals surface area contributed by atoms with Gasteiger partial charge in [0, 0.05) is 0 Å². The van der Waals surface area contributed by atoms with Crippen molar-refractivity contribution in [3.05, 3.63) is 0 Å². The lowest BCUT2D eigenvalue weighted by Crippen LogP contribution is -2.12. The van der Waals surface area contributed by atoms with E-state index < -0.39 is 0 Å². The summed E-state index contributed by atoms with van der Waals surface area (Å²) in [5.74, 6) is 0.925. The van der Waals surface area contributed by atoms with Crippen LogP contribution in [-0.2, 0) is 29.9 Å². The topological polar surface area (TPSA) is 55.4 Å². The van der Waals surface area contributed by atoms with Crippen molar-refractivity contribution < 1.29 is 29.9 Å². The maximum absolute atomic E-state index is 4.90. The molecule has 0 aromatic heterocycles. The second-order valence-electron chi connectivity index (χ2n) is 5.67. The van der Waals surface area contributed by atoms with Crippen LogP contribution in [0.4, 0.5) is 0 Å². The third-order valence-electron chi connectivity index (χ3n) is 3.87. The van der Waals surface area contributed by atoms with Crippen LogP contribution in [0.1, 0.15) is 79.1 Å². The predicted molar refractivity (Wildman–Crippen MR) is 82.9 cm³/mol. The molecule has 0 heterocycles. The molecule has 0 aliphatic rings. The first-order valence-corrected chi connectivity index (χ1v) is 8.69. The van der Waals surface area contributed by atoms with E-state index in [1.54, 1.807) is 0 Å². The molecule has 0 aliphatic heterocycles. The summed E-state index contributed by atoms with van der Waals surface area (Å²) in [6, 6.07) is 0. The van der Waals surface area contributed by atoms with Crippen molar-refractivity contribution >= 4 is 0 Å². The largest absolute Gasteiger partial charge is 0.203 e. The van der Waals surface area contributed by atoms with E-state index in [-0.39, 0.29) is 0 Å². The highest BCUT2D eigenvalue weighted by atomic mass is 17.8. The van der Waals surface area contributed by atoms with Gasteiger partial charge >= 0.3 is 0 Å². The van der Waals surface area contributed by atoms with Crippen molar-refractivity contribution in [2.24, 2.45) is 11.8 Å². The molecule has 0 spiro atoms. The lowest BCUT2D eigenvalue weighted by Gasteiger charge is -2.13. The summed E-state index contributed by atoms with van der Waals surface area (Å²) < 4.78 is 0. The van der Waals surface area contributed by atoms with Gasteiger partial charge in [-0.15, -0.1) is 0 Å². The minimum absolute atomic E-state index is 0.463. The van der Waals surface area contributed by atoms with Gasteiger partial charge < -0.3 is 0 Å². The average Bonchev–Trinajstić information content (AvgIpc) is 2.55. The first-order chi connectivity index (χ1) is 10.8. The Morgan fingerprint density at radius 1 is 0.591 bits per heavy atom. The van der Waals surface area contributed by atoms with Gasteiger partial charge in [-0.3, -0.25) is 0 Å². The molecule has 0 aliphatic carbocycles. The summed E-state index contributed by atoms with van der Waals surface area (Å²) in [5, 5.41) is 17.4. The van der Waals surface area contributed by atoms with Crippen LogP contribution in [0.15, 0.2) is 0 Å². The van der Waals surface area contributed by atoms with E-state index in [0.717, 1.165) is 25.7 Å². The Morgan fingerprint density at radius 3 is 1.32 bits per heavy atom. The molecule has 0 saturated carbocycles.